The third-order valence-electron chi connectivity index (χ3n) is 13.0. The van der Waals surface area contributed by atoms with Gasteiger partial charge in [-0.2, -0.15) is 22.0 Å². The molecule has 4 fully saturated rings. The zero-order valence-corrected chi connectivity index (χ0v) is 31.0. The van der Waals surface area contributed by atoms with Crippen LogP contribution in [0.15, 0.2) is 59.7 Å². The van der Waals surface area contributed by atoms with E-state index >= 15 is 8.78 Å². The minimum atomic E-state index is -5.93. The fraction of sp³-hybridized carbons (Fsp3) is 0.595. The van der Waals surface area contributed by atoms with Gasteiger partial charge in [0, 0.05) is 40.8 Å². The molecule has 1 aliphatic heterocycles. The third kappa shape index (κ3) is 6.53. The maximum Gasteiger partial charge on any atom is 0.456 e. The Morgan fingerprint density at radius 2 is 1.61 bits per heavy atom. The zero-order valence-electron chi connectivity index (χ0n) is 31.0. The molecule has 7 nitrogen and oxygen atoms in total. The van der Waals surface area contributed by atoms with E-state index in [-0.39, 0.29) is 37.7 Å². The molecule has 5 aliphatic rings. The topological polar surface area (TPSA) is 97.3 Å². The molecule has 3 N–H and O–H groups in total. The van der Waals surface area contributed by atoms with Crippen LogP contribution in [0.1, 0.15) is 94.7 Å². The van der Waals surface area contributed by atoms with Crippen molar-refractivity contribution in [2.45, 2.75) is 114 Å². The molecule has 1 amide bonds. The predicted molar refractivity (Wildman–Crippen MR) is 191 cm³/mol. The number of hydrogen-bond acceptors (Lipinski definition) is 6. The predicted octanol–water partition coefficient (Wildman–Crippen LogP) is 8.82. The van der Waals surface area contributed by atoms with E-state index in [4.69, 9.17) is 14.2 Å². The normalized spacial score (nSPS) is 32.8. The highest BCUT2D eigenvalue weighted by Gasteiger charge is 2.79. The fourth-order valence-electron chi connectivity index (χ4n) is 10.1. The number of hydrogen-bond donors (Lipinski definition) is 3. The van der Waals surface area contributed by atoms with Crippen molar-refractivity contribution in [1.29, 1.82) is 0 Å². The van der Waals surface area contributed by atoms with E-state index in [0.29, 0.717) is 49.3 Å². The summed E-state index contributed by atoms with van der Waals surface area (Å²) in [4.78, 5) is 12.2. The number of nitrogens with one attached hydrogen (secondary N) is 1. The summed E-state index contributed by atoms with van der Waals surface area (Å²) in [5, 5.41) is 26.6. The van der Waals surface area contributed by atoms with Crippen molar-refractivity contribution in [3.05, 3.63) is 76.4 Å². The maximum absolute atomic E-state index is 15.4. The third-order valence-corrected chi connectivity index (χ3v) is 13.0. The van der Waals surface area contributed by atoms with Crippen molar-refractivity contribution in [3.63, 3.8) is 0 Å². The SMILES string of the molecule is Cc1ccc(NC(=O)OCC#Cc2ccc([C@H]3C[C@@]4(C)[C@@H](CC[C@@]4(O)C(F)(F)C(F)(F)F)[C@@H]4CC[C@@]5(O)CC6(CCC5=C43)OCC(C)(C)CO6)cc2)cc1. The molecule has 1 heterocycles. The number of rotatable bonds is 4. The fourth-order valence-corrected chi connectivity index (χ4v) is 10.1. The molecule has 12 heteroatoms. The van der Waals surface area contributed by atoms with Crippen molar-refractivity contribution in [1.82, 2.24) is 0 Å². The summed E-state index contributed by atoms with van der Waals surface area (Å²) in [6.45, 7) is 8.17. The lowest BCUT2D eigenvalue weighted by atomic mass is 9.49. The van der Waals surface area contributed by atoms with Crippen LogP contribution in [0.5, 0.6) is 0 Å². The summed E-state index contributed by atoms with van der Waals surface area (Å²) >= 11 is 0. The Kier molecular flexibility index (Phi) is 9.56. The highest BCUT2D eigenvalue weighted by atomic mass is 19.4. The van der Waals surface area contributed by atoms with Crippen LogP contribution in [0.2, 0.25) is 0 Å². The number of carbonyl (C=O) groups excluding carboxylic acids is 1. The number of alkyl halides is 5. The second kappa shape index (κ2) is 13.3. The Bertz CT molecular complexity index is 1850. The van der Waals surface area contributed by atoms with Crippen molar-refractivity contribution in [3.8, 4) is 11.8 Å². The second-order valence-corrected chi connectivity index (χ2v) is 17.2. The summed E-state index contributed by atoms with van der Waals surface area (Å²) < 4.78 is 90.7. The van der Waals surface area contributed by atoms with Gasteiger partial charge >= 0.3 is 18.2 Å². The molecule has 292 valence electrons. The quantitative estimate of drug-likeness (QED) is 0.164. The first-order chi connectivity index (χ1) is 25.2. The molecule has 1 saturated heterocycles. The standard InChI is InChI=1S/C42H48F5NO6/c1-26-7-13-29(14-8-26)48-35(49)52-21-5-6-27-9-11-28(12-10-27)31-22-37(4)32(17-20-40(37,51)41(43,44)42(45,46)47)30-15-18-38(50)23-39(19-16-33(38)34(30)31)53-24-36(2,3)25-54-39/h7-14,30-32,50-51H,15-25H2,1-4H3,(H,48,49)/t30-,31+,32-,37-,38+,40-/m0/s1. The number of benzene rings is 2. The first kappa shape index (κ1) is 38.8. The van der Waals surface area contributed by atoms with Gasteiger partial charge in [0.1, 0.15) is 5.60 Å². The molecule has 7 rings (SSSR count). The number of ether oxygens (including phenoxy) is 3. The highest BCUT2D eigenvalue weighted by Crippen LogP contribution is 2.71. The van der Waals surface area contributed by atoms with Gasteiger partial charge in [-0.05, 0) is 92.7 Å². The number of allylic oxidation sites excluding steroid dienone is 1. The van der Waals surface area contributed by atoms with Gasteiger partial charge in [-0.3, -0.25) is 5.32 Å². The maximum atomic E-state index is 15.4. The van der Waals surface area contributed by atoms with Gasteiger partial charge < -0.3 is 24.4 Å². The molecule has 0 radical (unpaired) electrons. The number of anilines is 1. The van der Waals surface area contributed by atoms with Gasteiger partial charge in [0.25, 0.3) is 0 Å². The average molecular weight is 758 g/mol. The van der Waals surface area contributed by atoms with Gasteiger partial charge in [0.05, 0.1) is 18.8 Å². The molecule has 0 unspecified atom stereocenters. The van der Waals surface area contributed by atoms with Crippen LogP contribution in [-0.4, -0.2) is 65.2 Å². The van der Waals surface area contributed by atoms with E-state index in [1.807, 2.05) is 32.9 Å². The smallest absolute Gasteiger partial charge is 0.436 e. The van der Waals surface area contributed by atoms with E-state index in [1.165, 1.54) is 6.92 Å². The molecular formula is C42H48F5NO6. The number of aryl methyl sites for hydroxylation is 1. The van der Waals surface area contributed by atoms with Gasteiger partial charge in [-0.15, -0.1) is 0 Å². The highest BCUT2D eigenvalue weighted by molar-refractivity contribution is 5.84. The number of fused-ring (bicyclic) bond motifs is 4. The first-order valence-corrected chi connectivity index (χ1v) is 18.7. The number of carbonyl (C=O) groups is 1. The first-order valence-electron chi connectivity index (χ1n) is 18.7. The Labute approximate surface area is 312 Å². The van der Waals surface area contributed by atoms with Gasteiger partial charge in [-0.1, -0.05) is 68.0 Å². The molecule has 2 aromatic carbocycles. The van der Waals surface area contributed by atoms with E-state index in [9.17, 15) is 28.2 Å². The summed E-state index contributed by atoms with van der Waals surface area (Å²) in [6.07, 6.45) is -5.69. The van der Waals surface area contributed by atoms with Crippen LogP contribution in [0.4, 0.5) is 32.4 Å². The summed E-state index contributed by atoms with van der Waals surface area (Å²) in [5.74, 6) is -2.25. The van der Waals surface area contributed by atoms with Crippen molar-refractivity contribution in [2.75, 3.05) is 25.1 Å². The lowest BCUT2D eigenvalue weighted by Gasteiger charge is -2.59. The van der Waals surface area contributed by atoms with E-state index in [1.54, 1.807) is 36.4 Å². The number of halogens is 5. The lowest BCUT2D eigenvalue weighted by Crippen LogP contribution is -2.65. The Hall–Kier alpha value is -3.50. The largest absolute Gasteiger partial charge is 0.456 e. The van der Waals surface area contributed by atoms with Crippen molar-refractivity contribution in [2.24, 2.45) is 22.7 Å². The molecular weight excluding hydrogens is 709 g/mol. The molecule has 54 heavy (non-hydrogen) atoms. The van der Waals surface area contributed by atoms with Crippen LogP contribution < -0.4 is 5.32 Å². The summed E-state index contributed by atoms with van der Waals surface area (Å²) in [5.41, 5.74) is -2.04. The average Bonchev–Trinajstić information content (AvgIpc) is 3.39. The minimum absolute atomic E-state index is 0.0101. The molecule has 0 aromatic heterocycles. The molecule has 4 aliphatic carbocycles. The van der Waals surface area contributed by atoms with E-state index in [2.05, 4.69) is 17.2 Å². The van der Waals surface area contributed by atoms with Crippen molar-refractivity contribution < 1.29 is 51.2 Å². The zero-order chi connectivity index (χ0) is 39.0. The van der Waals surface area contributed by atoms with Gasteiger partial charge in [0.15, 0.2) is 12.4 Å². The molecule has 6 atom stereocenters. The monoisotopic (exact) mass is 757 g/mol. The molecule has 0 bridgehead atoms. The van der Waals surface area contributed by atoms with E-state index < -0.39 is 64.8 Å². The van der Waals surface area contributed by atoms with Crippen molar-refractivity contribution >= 4 is 11.8 Å². The Morgan fingerprint density at radius 1 is 0.944 bits per heavy atom. The van der Waals surface area contributed by atoms with Crippen LogP contribution in [-0.2, 0) is 14.2 Å². The van der Waals surface area contributed by atoms with E-state index in [0.717, 1.165) is 16.7 Å². The number of amides is 1. The molecule has 2 aromatic rings. The van der Waals surface area contributed by atoms with Crippen LogP contribution >= 0.6 is 0 Å². The Balaban J connectivity index is 1.19. The van der Waals surface area contributed by atoms with Gasteiger partial charge in [-0.25, -0.2) is 4.79 Å². The second-order valence-electron chi connectivity index (χ2n) is 17.2. The Morgan fingerprint density at radius 3 is 2.26 bits per heavy atom. The molecule has 3 saturated carbocycles. The minimum Gasteiger partial charge on any atom is -0.436 e. The molecule has 1 spiro atoms. The summed E-state index contributed by atoms with van der Waals surface area (Å²) in [6, 6.07) is 14.2. The van der Waals surface area contributed by atoms with Gasteiger partial charge in [0.2, 0.25) is 0 Å². The van der Waals surface area contributed by atoms with Crippen LogP contribution in [0.3, 0.4) is 0 Å². The van der Waals surface area contributed by atoms with Crippen LogP contribution in [0.25, 0.3) is 0 Å². The number of aliphatic hydroxyl groups is 2. The summed E-state index contributed by atoms with van der Waals surface area (Å²) in [7, 11) is 0. The lowest BCUT2D eigenvalue weighted by molar-refractivity contribution is -0.362. The van der Waals surface area contributed by atoms with Crippen LogP contribution in [0, 0.1) is 41.4 Å².